The number of nitrogens with one attached hydrogen (secondary N) is 1. The first-order chi connectivity index (χ1) is 8.10. The van der Waals surface area contributed by atoms with Gasteiger partial charge in [-0.1, -0.05) is 22.8 Å². The van der Waals surface area contributed by atoms with Crippen molar-refractivity contribution in [1.29, 1.82) is 0 Å². The average molecular weight is 252 g/mol. The molecule has 4 nitrogen and oxygen atoms in total. The van der Waals surface area contributed by atoms with Crippen LogP contribution in [0.25, 0.3) is 0 Å². The van der Waals surface area contributed by atoms with Gasteiger partial charge in [-0.2, -0.15) is 0 Å². The topological polar surface area (TPSA) is 51.0 Å². The molecule has 0 aliphatic heterocycles. The first kappa shape index (κ1) is 11.9. The van der Waals surface area contributed by atoms with Gasteiger partial charge in [-0.15, -0.1) is 16.7 Å². The minimum atomic E-state index is 0.223. The number of anilines is 2. The maximum atomic E-state index is 5.60. The van der Waals surface area contributed by atoms with E-state index in [-0.39, 0.29) is 5.88 Å². The molecule has 1 aromatic carbocycles. The smallest absolute Gasteiger partial charge is 0.320 e. The van der Waals surface area contributed by atoms with Gasteiger partial charge < -0.3 is 9.73 Å². The minimum Gasteiger partial charge on any atom is -0.407 e. The monoisotopic (exact) mass is 251 g/mol. The van der Waals surface area contributed by atoms with Crippen LogP contribution in [-0.4, -0.2) is 10.2 Å². The molecule has 1 aromatic heterocycles. The molecular weight excluding hydrogens is 238 g/mol. The zero-order valence-electron chi connectivity index (χ0n) is 10.0. The van der Waals surface area contributed by atoms with E-state index in [2.05, 4.69) is 34.6 Å². The third-order valence-electron chi connectivity index (χ3n) is 2.49. The molecule has 90 valence electrons. The summed E-state index contributed by atoms with van der Waals surface area (Å²) < 4.78 is 5.31. The molecule has 0 bridgehead atoms. The summed E-state index contributed by atoms with van der Waals surface area (Å²) in [6.45, 7) is 6.16. The molecule has 0 fully saturated rings. The highest BCUT2D eigenvalue weighted by atomic mass is 35.5. The fourth-order valence-electron chi connectivity index (χ4n) is 1.84. The predicted molar refractivity (Wildman–Crippen MR) is 67.8 cm³/mol. The standard InChI is InChI=1S/C12H14ClN3O/c1-7-4-8(2)11(9(3)5-7)14-12-16-15-10(6-13)17-12/h4-5H,6H2,1-3H3,(H,14,16). The molecule has 2 aromatic rings. The van der Waals surface area contributed by atoms with E-state index in [1.54, 1.807) is 0 Å². The number of alkyl halides is 1. The molecule has 0 spiro atoms. The van der Waals surface area contributed by atoms with Gasteiger partial charge >= 0.3 is 6.01 Å². The van der Waals surface area contributed by atoms with Crippen molar-refractivity contribution in [2.24, 2.45) is 0 Å². The molecular formula is C12H14ClN3O. The van der Waals surface area contributed by atoms with E-state index in [4.69, 9.17) is 16.0 Å². The Kier molecular flexibility index (Phi) is 3.33. The van der Waals surface area contributed by atoms with Gasteiger partial charge in [0.05, 0.1) is 0 Å². The van der Waals surface area contributed by atoms with Gasteiger partial charge in [0.15, 0.2) is 0 Å². The van der Waals surface area contributed by atoms with Crippen LogP contribution >= 0.6 is 11.6 Å². The normalized spacial score (nSPS) is 10.6. The van der Waals surface area contributed by atoms with Crippen molar-refractivity contribution < 1.29 is 4.42 Å². The lowest BCUT2D eigenvalue weighted by molar-refractivity contribution is 0.530. The molecule has 5 heteroatoms. The molecule has 0 aliphatic rings. The van der Waals surface area contributed by atoms with Gasteiger partial charge in [-0.3, -0.25) is 0 Å². The fraction of sp³-hybridized carbons (Fsp3) is 0.333. The summed E-state index contributed by atoms with van der Waals surface area (Å²) in [7, 11) is 0. The Labute approximate surface area is 105 Å². The number of hydrogen-bond acceptors (Lipinski definition) is 4. The minimum absolute atomic E-state index is 0.223. The first-order valence-electron chi connectivity index (χ1n) is 5.33. The van der Waals surface area contributed by atoms with Crippen molar-refractivity contribution >= 4 is 23.3 Å². The van der Waals surface area contributed by atoms with E-state index >= 15 is 0 Å². The molecule has 0 aliphatic carbocycles. The lowest BCUT2D eigenvalue weighted by Crippen LogP contribution is -1.97. The van der Waals surface area contributed by atoms with Gasteiger partial charge in [0.2, 0.25) is 5.89 Å². The molecule has 1 N–H and O–H groups in total. The third-order valence-corrected chi connectivity index (χ3v) is 2.72. The van der Waals surface area contributed by atoms with Gasteiger partial charge in [0.1, 0.15) is 5.88 Å². The first-order valence-corrected chi connectivity index (χ1v) is 5.87. The second-order valence-corrected chi connectivity index (χ2v) is 4.30. The van der Waals surface area contributed by atoms with E-state index < -0.39 is 0 Å². The number of benzene rings is 1. The van der Waals surface area contributed by atoms with Gasteiger partial charge in [0.25, 0.3) is 0 Å². The zero-order chi connectivity index (χ0) is 12.4. The highest BCUT2D eigenvalue weighted by Crippen LogP contribution is 2.25. The Hall–Kier alpha value is -1.55. The Morgan fingerprint density at radius 1 is 1.18 bits per heavy atom. The van der Waals surface area contributed by atoms with Crippen molar-refractivity contribution in [3.8, 4) is 0 Å². The van der Waals surface area contributed by atoms with E-state index in [0.717, 1.165) is 16.8 Å². The van der Waals surface area contributed by atoms with E-state index in [0.29, 0.717) is 11.9 Å². The second kappa shape index (κ2) is 4.75. The van der Waals surface area contributed by atoms with Gasteiger partial charge in [-0.25, -0.2) is 0 Å². The van der Waals surface area contributed by atoms with Crippen molar-refractivity contribution in [1.82, 2.24) is 10.2 Å². The number of rotatable bonds is 3. The van der Waals surface area contributed by atoms with E-state index in [9.17, 15) is 0 Å². The Balaban J connectivity index is 2.29. The summed E-state index contributed by atoms with van der Waals surface area (Å²) in [5, 5.41) is 10.8. The maximum Gasteiger partial charge on any atom is 0.320 e. The largest absolute Gasteiger partial charge is 0.407 e. The quantitative estimate of drug-likeness (QED) is 0.849. The molecule has 0 amide bonds. The molecule has 0 saturated carbocycles. The summed E-state index contributed by atoms with van der Waals surface area (Å²) in [5.74, 6) is 0.636. The summed E-state index contributed by atoms with van der Waals surface area (Å²) in [4.78, 5) is 0. The predicted octanol–water partition coefficient (Wildman–Crippen LogP) is 3.48. The summed E-state index contributed by atoms with van der Waals surface area (Å²) >= 11 is 5.60. The molecule has 0 unspecified atom stereocenters. The van der Waals surface area contributed by atoms with E-state index in [1.807, 2.05) is 13.8 Å². The van der Waals surface area contributed by atoms with Crippen LogP contribution in [0.15, 0.2) is 16.5 Å². The highest BCUT2D eigenvalue weighted by molar-refractivity contribution is 6.16. The van der Waals surface area contributed by atoms with Gasteiger partial charge in [0, 0.05) is 5.69 Å². The maximum absolute atomic E-state index is 5.60. The Morgan fingerprint density at radius 2 is 1.82 bits per heavy atom. The zero-order valence-corrected chi connectivity index (χ0v) is 10.8. The van der Waals surface area contributed by atoms with Crippen LogP contribution in [0.5, 0.6) is 0 Å². The molecule has 0 radical (unpaired) electrons. The van der Waals surface area contributed by atoms with Crippen LogP contribution in [0, 0.1) is 20.8 Å². The van der Waals surface area contributed by atoms with E-state index in [1.165, 1.54) is 5.56 Å². The van der Waals surface area contributed by atoms with Crippen LogP contribution in [-0.2, 0) is 5.88 Å². The van der Waals surface area contributed by atoms with Crippen LogP contribution in [0.4, 0.5) is 11.7 Å². The van der Waals surface area contributed by atoms with Gasteiger partial charge in [-0.05, 0) is 31.9 Å². The van der Waals surface area contributed by atoms with Crippen molar-refractivity contribution in [2.45, 2.75) is 26.7 Å². The number of aromatic nitrogens is 2. The SMILES string of the molecule is Cc1cc(C)c(Nc2nnc(CCl)o2)c(C)c1. The highest BCUT2D eigenvalue weighted by Gasteiger charge is 2.09. The van der Waals surface area contributed by atoms with Crippen LogP contribution in [0.2, 0.25) is 0 Å². The van der Waals surface area contributed by atoms with Crippen LogP contribution < -0.4 is 5.32 Å². The molecule has 17 heavy (non-hydrogen) atoms. The molecule has 0 saturated heterocycles. The Morgan fingerprint density at radius 3 is 2.35 bits per heavy atom. The lowest BCUT2D eigenvalue weighted by atomic mass is 10.1. The lowest BCUT2D eigenvalue weighted by Gasteiger charge is -2.10. The Bertz CT molecular complexity index is 513. The summed E-state index contributed by atoms with van der Waals surface area (Å²) in [6, 6.07) is 4.58. The van der Waals surface area contributed by atoms with Crippen LogP contribution in [0.1, 0.15) is 22.6 Å². The molecule has 0 atom stereocenters. The number of hydrogen-bond donors (Lipinski definition) is 1. The molecule has 2 rings (SSSR count). The summed E-state index contributed by atoms with van der Waals surface area (Å²) in [5.41, 5.74) is 4.53. The fourth-order valence-corrected chi connectivity index (χ4v) is 1.95. The van der Waals surface area contributed by atoms with Crippen molar-refractivity contribution in [2.75, 3.05) is 5.32 Å². The average Bonchev–Trinajstić information content (AvgIpc) is 2.71. The summed E-state index contributed by atoms with van der Waals surface area (Å²) in [6.07, 6.45) is 0. The van der Waals surface area contributed by atoms with Crippen LogP contribution in [0.3, 0.4) is 0 Å². The van der Waals surface area contributed by atoms with Crippen molar-refractivity contribution in [3.05, 3.63) is 34.7 Å². The number of nitrogens with zero attached hydrogens (tertiary/aromatic N) is 2. The van der Waals surface area contributed by atoms with Crippen molar-refractivity contribution in [3.63, 3.8) is 0 Å². The second-order valence-electron chi connectivity index (χ2n) is 4.03. The number of aryl methyl sites for hydroxylation is 3. The third kappa shape index (κ3) is 2.58. The molecule has 1 heterocycles. The number of halogens is 1.